The molecule has 0 N–H and O–H groups in total. The minimum Gasteiger partial charge on any atom is -0.446 e. The van der Waals surface area contributed by atoms with Gasteiger partial charge in [0.1, 0.15) is 0 Å². The molecule has 0 unspecified atom stereocenters. The molecule has 3 nitrogen and oxygen atoms in total. The molecule has 3 rings (SSSR count). The van der Waals surface area contributed by atoms with Gasteiger partial charge in [-0.2, -0.15) is 9.78 Å². The molecule has 0 aliphatic carbocycles. The summed E-state index contributed by atoms with van der Waals surface area (Å²) in [5, 5.41) is 5.51. The van der Waals surface area contributed by atoms with Gasteiger partial charge < -0.3 is 4.42 Å². The highest BCUT2D eigenvalue weighted by atomic mass is 16.3. The van der Waals surface area contributed by atoms with Crippen molar-refractivity contribution in [2.75, 3.05) is 0 Å². The zero-order chi connectivity index (χ0) is 10.3. The zero-order valence-corrected chi connectivity index (χ0v) is 8.34. The first kappa shape index (κ1) is 8.29. The Morgan fingerprint density at radius 3 is 2.73 bits per heavy atom. The predicted octanol–water partition coefficient (Wildman–Crippen LogP) is 2.93. The van der Waals surface area contributed by atoms with Crippen molar-refractivity contribution in [2.24, 2.45) is 0 Å². The van der Waals surface area contributed by atoms with Gasteiger partial charge in [-0.3, -0.25) is 0 Å². The third-order valence-corrected chi connectivity index (χ3v) is 2.48. The van der Waals surface area contributed by atoms with E-state index in [-0.39, 0.29) is 0 Å². The molecule has 0 amide bonds. The van der Waals surface area contributed by atoms with Crippen LogP contribution in [0, 0.1) is 6.92 Å². The Morgan fingerprint density at radius 1 is 1.13 bits per heavy atom. The number of rotatable bonds is 1. The number of fused-ring (bicyclic) bond motifs is 1. The molecule has 2 aromatic heterocycles. The Morgan fingerprint density at radius 2 is 1.93 bits per heavy atom. The molecule has 1 aromatic carbocycles. The molecule has 0 aliphatic heterocycles. The lowest BCUT2D eigenvalue weighted by Gasteiger charge is -1.99. The van der Waals surface area contributed by atoms with Gasteiger partial charge in [0.25, 0.3) is 0 Å². The lowest BCUT2D eigenvalue weighted by molar-refractivity contribution is 0.583. The van der Waals surface area contributed by atoms with Crippen LogP contribution in [-0.4, -0.2) is 9.78 Å². The molecule has 15 heavy (non-hydrogen) atoms. The Hall–Kier alpha value is -2.03. The first-order valence-corrected chi connectivity index (χ1v) is 4.84. The maximum absolute atomic E-state index is 5.42. The van der Waals surface area contributed by atoms with Crippen LogP contribution in [0.3, 0.4) is 0 Å². The van der Waals surface area contributed by atoms with E-state index in [9.17, 15) is 0 Å². The van der Waals surface area contributed by atoms with Crippen molar-refractivity contribution >= 4 is 11.1 Å². The van der Waals surface area contributed by atoms with E-state index in [1.54, 1.807) is 6.26 Å². The SMILES string of the molecule is Cc1nn(-c2ccccc2)c2occc12. The van der Waals surface area contributed by atoms with Gasteiger partial charge in [0, 0.05) is 0 Å². The zero-order valence-electron chi connectivity index (χ0n) is 8.34. The molecule has 0 saturated carbocycles. The number of nitrogens with zero attached hydrogens (tertiary/aromatic N) is 2. The lowest BCUT2D eigenvalue weighted by Crippen LogP contribution is -1.95. The summed E-state index contributed by atoms with van der Waals surface area (Å²) in [6, 6.07) is 11.9. The Kier molecular flexibility index (Phi) is 1.65. The van der Waals surface area contributed by atoms with Crippen molar-refractivity contribution < 1.29 is 4.42 Å². The summed E-state index contributed by atoms with van der Waals surface area (Å²) in [5.74, 6) is 0. The molecule has 0 fully saturated rings. The highest BCUT2D eigenvalue weighted by Gasteiger charge is 2.10. The summed E-state index contributed by atoms with van der Waals surface area (Å²) in [7, 11) is 0. The van der Waals surface area contributed by atoms with Gasteiger partial charge in [-0.1, -0.05) is 18.2 Å². The molecule has 3 aromatic rings. The summed E-state index contributed by atoms with van der Waals surface area (Å²) >= 11 is 0. The first-order valence-electron chi connectivity index (χ1n) is 4.84. The fourth-order valence-corrected chi connectivity index (χ4v) is 1.73. The summed E-state index contributed by atoms with van der Waals surface area (Å²) in [4.78, 5) is 0. The molecule has 0 bridgehead atoms. The van der Waals surface area contributed by atoms with E-state index in [1.165, 1.54) is 0 Å². The van der Waals surface area contributed by atoms with Crippen LogP contribution in [-0.2, 0) is 0 Å². The lowest BCUT2D eigenvalue weighted by atomic mass is 10.3. The number of para-hydroxylation sites is 1. The smallest absolute Gasteiger partial charge is 0.229 e. The Balaban J connectivity index is 2.32. The van der Waals surface area contributed by atoms with Crippen molar-refractivity contribution in [2.45, 2.75) is 6.92 Å². The molecule has 0 atom stereocenters. The molecule has 0 aliphatic rings. The summed E-state index contributed by atoms with van der Waals surface area (Å²) in [5.41, 5.74) is 2.81. The van der Waals surface area contributed by atoms with Crippen molar-refractivity contribution in [3.05, 3.63) is 48.4 Å². The Labute approximate surface area is 86.9 Å². The van der Waals surface area contributed by atoms with Crippen LogP contribution in [0.5, 0.6) is 0 Å². The average Bonchev–Trinajstić information content (AvgIpc) is 2.84. The van der Waals surface area contributed by atoms with Gasteiger partial charge >= 0.3 is 0 Å². The molecule has 3 heteroatoms. The molecule has 74 valence electrons. The van der Waals surface area contributed by atoms with Gasteiger partial charge in [-0.25, -0.2) is 0 Å². The van der Waals surface area contributed by atoms with Crippen molar-refractivity contribution in [1.29, 1.82) is 0 Å². The van der Waals surface area contributed by atoms with Crippen molar-refractivity contribution in [1.82, 2.24) is 9.78 Å². The normalized spacial score (nSPS) is 11.0. The second kappa shape index (κ2) is 2.98. The van der Waals surface area contributed by atoms with Crippen LogP contribution in [0.2, 0.25) is 0 Å². The van der Waals surface area contributed by atoms with Crippen LogP contribution in [0.25, 0.3) is 16.8 Å². The summed E-state index contributed by atoms with van der Waals surface area (Å²) in [6.45, 7) is 1.98. The van der Waals surface area contributed by atoms with Gasteiger partial charge in [-0.05, 0) is 25.1 Å². The van der Waals surface area contributed by atoms with E-state index in [0.29, 0.717) is 0 Å². The van der Waals surface area contributed by atoms with E-state index in [0.717, 1.165) is 22.5 Å². The van der Waals surface area contributed by atoms with Crippen LogP contribution in [0.4, 0.5) is 0 Å². The minimum absolute atomic E-state index is 0.804. The molecular weight excluding hydrogens is 188 g/mol. The molecule has 0 radical (unpaired) electrons. The number of hydrogen-bond acceptors (Lipinski definition) is 2. The van der Waals surface area contributed by atoms with E-state index in [1.807, 2.05) is 48.0 Å². The maximum atomic E-state index is 5.42. The molecular formula is C12H10N2O. The van der Waals surface area contributed by atoms with E-state index < -0.39 is 0 Å². The first-order chi connectivity index (χ1) is 7.36. The monoisotopic (exact) mass is 198 g/mol. The minimum atomic E-state index is 0.804. The second-order valence-corrected chi connectivity index (χ2v) is 3.47. The van der Waals surface area contributed by atoms with Crippen LogP contribution >= 0.6 is 0 Å². The largest absolute Gasteiger partial charge is 0.446 e. The predicted molar refractivity (Wildman–Crippen MR) is 58.1 cm³/mol. The second-order valence-electron chi connectivity index (χ2n) is 3.47. The third-order valence-electron chi connectivity index (χ3n) is 2.48. The van der Waals surface area contributed by atoms with Crippen LogP contribution in [0.15, 0.2) is 47.1 Å². The maximum Gasteiger partial charge on any atom is 0.229 e. The summed E-state index contributed by atoms with van der Waals surface area (Å²) < 4.78 is 7.25. The van der Waals surface area contributed by atoms with Crippen molar-refractivity contribution in [3.8, 4) is 5.69 Å². The quantitative estimate of drug-likeness (QED) is 0.602. The Bertz CT molecular complexity index is 592. The summed E-state index contributed by atoms with van der Waals surface area (Å²) in [6.07, 6.45) is 1.69. The highest BCUT2D eigenvalue weighted by molar-refractivity contribution is 5.78. The number of furan rings is 1. The topological polar surface area (TPSA) is 31.0 Å². The fraction of sp³-hybridized carbons (Fsp3) is 0.0833. The van der Waals surface area contributed by atoms with E-state index in [4.69, 9.17) is 4.42 Å². The number of hydrogen-bond donors (Lipinski definition) is 0. The van der Waals surface area contributed by atoms with E-state index in [2.05, 4.69) is 5.10 Å². The fourth-order valence-electron chi connectivity index (χ4n) is 1.73. The average molecular weight is 198 g/mol. The van der Waals surface area contributed by atoms with Gasteiger partial charge in [0.15, 0.2) is 0 Å². The number of benzene rings is 1. The molecule has 0 saturated heterocycles. The number of aromatic nitrogens is 2. The van der Waals surface area contributed by atoms with Gasteiger partial charge in [-0.15, -0.1) is 0 Å². The van der Waals surface area contributed by atoms with Crippen LogP contribution in [0.1, 0.15) is 5.69 Å². The van der Waals surface area contributed by atoms with Gasteiger partial charge in [0.05, 0.1) is 23.0 Å². The molecule has 0 spiro atoms. The van der Waals surface area contributed by atoms with Gasteiger partial charge in [0.2, 0.25) is 5.71 Å². The standard InChI is InChI=1S/C12H10N2O/c1-9-11-7-8-15-12(11)14(13-9)10-5-3-2-4-6-10/h2-8H,1H3. The van der Waals surface area contributed by atoms with Crippen molar-refractivity contribution in [3.63, 3.8) is 0 Å². The molecule has 2 heterocycles. The highest BCUT2D eigenvalue weighted by Crippen LogP contribution is 2.22. The van der Waals surface area contributed by atoms with E-state index >= 15 is 0 Å². The third kappa shape index (κ3) is 1.16. The number of aryl methyl sites for hydroxylation is 1. The van der Waals surface area contributed by atoms with Crippen LogP contribution < -0.4 is 0 Å².